The summed E-state index contributed by atoms with van der Waals surface area (Å²) in [4.78, 5) is 9.30. The molecule has 6 heteroatoms. The first kappa shape index (κ1) is 11.3. The molecule has 0 amide bonds. The standard InChI is InChI=1S/C9H5BrCl2N2S/c1-4-7(11)13-9(14-8(4)12)6-5(10)2-3-15-6/h2-3H,1H3. The largest absolute Gasteiger partial charge is 0.215 e. The van der Waals surface area contributed by atoms with Gasteiger partial charge in [0.15, 0.2) is 5.82 Å². The highest BCUT2D eigenvalue weighted by atomic mass is 79.9. The minimum Gasteiger partial charge on any atom is -0.215 e. The van der Waals surface area contributed by atoms with Crippen LogP contribution in [0.2, 0.25) is 10.3 Å². The summed E-state index contributed by atoms with van der Waals surface area (Å²) in [5, 5.41) is 2.74. The Morgan fingerprint density at radius 2 is 1.87 bits per heavy atom. The molecule has 0 unspecified atom stereocenters. The van der Waals surface area contributed by atoms with Crippen molar-refractivity contribution in [2.45, 2.75) is 6.92 Å². The highest BCUT2D eigenvalue weighted by Crippen LogP contribution is 2.33. The second-order valence-electron chi connectivity index (χ2n) is 2.85. The third kappa shape index (κ3) is 2.18. The van der Waals surface area contributed by atoms with Crippen LogP contribution in [0.5, 0.6) is 0 Å². The van der Waals surface area contributed by atoms with Crippen LogP contribution in [0.3, 0.4) is 0 Å². The van der Waals surface area contributed by atoms with E-state index < -0.39 is 0 Å². The van der Waals surface area contributed by atoms with E-state index in [1.165, 1.54) is 11.3 Å². The van der Waals surface area contributed by atoms with Crippen LogP contribution in [0.25, 0.3) is 10.7 Å². The highest BCUT2D eigenvalue weighted by Gasteiger charge is 2.12. The summed E-state index contributed by atoms with van der Waals surface area (Å²) in [5.41, 5.74) is 0.703. The van der Waals surface area contributed by atoms with E-state index in [2.05, 4.69) is 25.9 Å². The summed E-state index contributed by atoms with van der Waals surface area (Å²) in [6.45, 7) is 1.79. The molecule has 0 fully saturated rings. The summed E-state index contributed by atoms with van der Waals surface area (Å²) in [5.74, 6) is 0.553. The zero-order valence-electron chi connectivity index (χ0n) is 7.59. The van der Waals surface area contributed by atoms with Gasteiger partial charge in [0.1, 0.15) is 10.3 Å². The van der Waals surface area contributed by atoms with Gasteiger partial charge in [0.25, 0.3) is 0 Å². The fraction of sp³-hybridized carbons (Fsp3) is 0.111. The molecule has 0 aliphatic rings. The molecule has 0 aromatic carbocycles. The molecule has 2 rings (SSSR count). The van der Waals surface area contributed by atoms with E-state index in [-0.39, 0.29) is 0 Å². The maximum absolute atomic E-state index is 5.94. The molecular weight excluding hydrogens is 319 g/mol. The zero-order chi connectivity index (χ0) is 11.0. The first-order valence-electron chi connectivity index (χ1n) is 4.02. The van der Waals surface area contributed by atoms with Crippen molar-refractivity contribution in [3.8, 4) is 10.7 Å². The van der Waals surface area contributed by atoms with Gasteiger partial charge in [-0.25, -0.2) is 9.97 Å². The Bertz CT molecular complexity index is 490. The van der Waals surface area contributed by atoms with Crippen molar-refractivity contribution in [2.75, 3.05) is 0 Å². The van der Waals surface area contributed by atoms with Gasteiger partial charge in [0.05, 0.1) is 4.88 Å². The summed E-state index contributed by atoms with van der Waals surface area (Å²) in [6, 6.07) is 1.94. The van der Waals surface area contributed by atoms with E-state index >= 15 is 0 Å². The second-order valence-corrected chi connectivity index (χ2v) is 5.34. The average molecular weight is 324 g/mol. The van der Waals surface area contributed by atoms with E-state index in [1.54, 1.807) is 6.92 Å². The molecular formula is C9H5BrCl2N2S. The van der Waals surface area contributed by atoms with E-state index in [0.29, 0.717) is 21.7 Å². The molecule has 0 N–H and O–H groups in total. The Labute approximate surface area is 109 Å². The van der Waals surface area contributed by atoms with E-state index in [0.717, 1.165) is 9.35 Å². The van der Waals surface area contributed by atoms with Gasteiger partial charge >= 0.3 is 0 Å². The molecule has 2 aromatic heterocycles. The number of nitrogens with zero attached hydrogens (tertiary/aromatic N) is 2. The lowest BCUT2D eigenvalue weighted by molar-refractivity contribution is 1.14. The quantitative estimate of drug-likeness (QED) is 0.718. The summed E-state index contributed by atoms with van der Waals surface area (Å²) >= 11 is 16.8. The smallest absolute Gasteiger partial charge is 0.173 e. The van der Waals surface area contributed by atoms with Crippen molar-refractivity contribution < 1.29 is 0 Å². The van der Waals surface area contributed by atoms with Gasteiger partial charge in [-0.3, -0.25) is 0 Å². The first-order chi connectivity index (χ1) is 7.09. The maximum atomic E-state index is 5.94. The SMILES string of the molecule is Cc1c(Cl)nc(-c2sccc2Br)nc1Cl. The average Bonchev–Trinajstić information content (AvgIpc) is 2.60. The van der Waals surface area contributed by atoms with Crippen LogP contribution in [0, 0.1) is 6.92 Å². The highest BCUT2D eigenvalue weighted by molar-refractivity contribution is 9.10. The fourth-order valence-electron chi connectivity index (χ4n) is 1.02. The van der Waals surface area contributed by atoms with Gasteiger partial charge in [-0.15, -0.1) is 11.3 Å². The van der Waals surface area contributed by atoms with Crippen LogP contribution in [-0.4, -0.2) is 9.97 Å². The van der Waals surface area contributed by atoms with Gasteiger partial charge in [-0.05, 0) is 34.3 Å². The van der Waals surface area contributed by atoms with Crippen molar-refractivity contribution in [3.63, 3.8) is 0 Å². The molecule has 0 bridgehead atoms. The van der Waals surface area contributed by atoms with Gasteiger partial charge in [0.2, 0.25) is 0 Å². The Balaban J connectivity index is 2.60. The molecule has 2 heterocycles. The third-order valence-electron chi connectivity index (χ3n) is 1.85. The molecule has 0 atom stereocenters. The van der Waals surface area contributed by atoms with Crippen LogP contribution in [-0.2, 0) is 0 Å². The first-order valence-corrected chi connectivity index (χ1v) is 6.45. The Kier molecular flexibility index (Phi) is 3.30. The monoisotopic (exact) mass is 322 g/mol. The lowest BCUT2D eigenvalue weighted by Gasteiger charge is -2.03. The Morgan fingerprint density at radius 1 is 1.27 bits per heavy atom. The topological polar surface area (TPSA) is 25.8 Å². The van der Waals surface area contributed by atoms with Gasteiger partial charge in [-0.2, -0.15) is 0 Å². The van der Waals surface area contributed by atoms with Crippen molar-refractivity contribution in [2.24, 2.45) is 0 Å². The third-order valence-corrected chi connectivity index (χ3v) is 4.42. The van der Waals surface area contributed by atoms with Crippen molar-refractivity contribution in [1.29, 1.82) is 0 Å². The second kappa shape index (κ2) is 4.37. The number of halogens is 3. The molecule has 78 valence electrons. The molecule has 0 aliphatic carbocycles. The summed E-state index contributed by atoms with van der Waals surface area (Å²) in [7, 11) is 0. The van der Waals surface area contributed by atoms with Gasteiger partial charge < -0.3 is 0 Å². The zero-order valence-corrected chi connectivity index (χ0v) is 11.5. The normalized spacial score (nSPS) is 10.7. The predicted molar refractivity (Wildman–Crippen MR) is 67.8 cm³/mol. The van der Waals surface area contributed by atoms with Crippen LogP contribution < -0.4 is 0 Å². The molecule has 2 aromatic rings. The molecule has 15 heavy (non-hydrogen) atoms. The Morgan fingerprint density at radius 3 is 2.33 bits per heavy atom. The molecule has 0 aliphatic heterocycles. The van der Waals surface area contributed by atoms with Crippen molar-refractivity contribution in [1.82, 2.24) is 9.97 Å². The lowest BCUT2D eigenvalue weighted by atomic mass is 10.3. The van der Waals surface area contributed by atoms with Gasteiger partial charge in [-0.1, -0.05) is 23.2 Å². The van der Waals surface area contributed by atoms with Crippen molar-refractivity contribution >= 4 is 50.5 Å². The predicted octanol–water partition coefficient (Wildman–Crippen LogP) is 4.58. The molecule has 0 saturated carbocycles. The molecule has 0 spiro atoms. The number of hydrogen-bond acceptors (Lipinski definition) is 3. The lowest BCUT2D eigenvalue weighted by Crippen LogP contribution is -1.92. The van der Waals surface area contributed by atoms with E-state index in [4.69, 9.17) is 23.2 Å². The minimum absolute atomic E-state index is 0.394. The van der Waals surface area contributed by atoms with E-state index in [9.17, 15) is 0 Å². The van der Waals surface area contributed by atoms with Crippen molar-refractivity contribution in [3.05, 3.63) is 31.8 Å². The summed E-state index contributed by atoms with van der Waals surface area (Å²) in [6.07, 6.45) is 0. The minimum atomic E-state index is 0.394. The number of thiophene rings is 1. The summed E-state index contributed by atoms with van der Waals surface area (Å²) < 4.78 is 0.948. The molecule has 0 saturated heterocycles. The number of hydrogen-bond donors (Lipinski definition) is 0. The van der Waals surface area contributed by atoms with Crippen LogP contribution >= 0.6 is 50.5 Å². The fourth-order valence-corrected chi connectivity index (χ4v) is 2.89. The molecule has 2 nitrogen and oxygen atoms in total. The molecule has 0 radical (unpaired) electrons. The number of rotatable bonds is 1. The van der Waals surface area contributed by atoms with E-state index in [1.807, 2.05) is 11.4 Å². The number of aromatic nitrogens is 2. The van der Waals surface area contributed by atoms with Crippen LogP contribution in [0.15, 0.2) is 15.9 Å². The van der Waals surface area contributed by atoms with Crippen LogP contribution in [0.1, 0.15) is 5.56 Å². The Hall–Kier alpha value is -0.160. The maximum Gasteiger partial charge on any atom is 0.173 e. The van der Waals surface area contributed by atoms with Crippen LogP contribution in [0.4, 0.5) is 0 Å². The van der Waals surface area contributed by atoms with Gasteiger partial charge in [0, 0.05) is 10.0 Å².